The average Bonchev–Trinajstić information content (AvgIpc) is 2.27. The number of carboxylic acids is 1. The number of benzene rings is 1. The molecule has 0 aliphatic rings. The van der Waals surface area contributed by atoms with Crippen LogP contribution in [0.3, 0.4) is 0 Å². The highest BCUT2D eigenvalue weighted by Gasteiger charge is 2.07. The highest BCUT2D eigenvalue weighted by molar-refractivity contribution is 7.99. The highest BCUT2D eigenvalue weighted by Crippen LogP contribution is 2.23. The van der Waals surface area contributed by atoms with Crippen LogP contribution in [-0.4, -0.2) is 16.8 Å². The van der Waals surface area contributed by atoms with E-state index in [1.54, 1.807) is 30.3 Å². The monoisotopic (exact) mass is 256 g/mol. The van der Waals surface area contributed by atoms with Crippen molar-refractivity contribution in [3.05, 3.63) is 40.4 Å². The molecular weight excluding hydrogens is 244 g/mol. The third kappa shape index (κ3) is 3.58. The van der Waals surface area contributed by atoms with E-state index in [9.17, 15) is 4.79 Å². The van der Waals surface area contributed by atoms with Gasteiger partial charge in [-0.05, 0) is 31.5 Å². The normalized spacial score (nSPS) is 11.6. The minimum Gasteiger partial charge on any atom is -0.478 e. The third-order valence-corrected chi connectivity index (χ3v) is 3.65. The molecule has 0 heterocycles. The molecule has 86 valence electrons. The lowest BCUT2D eigenvalue weighted by Gasteiger charge is -2.05. The molecule has 0 aromatic heterocycles. The molecule has 0 radical (unpaired) electrons. The van der Waals surface area contributed by atoms with Gasteiger partial charge in [0.1, 0.15) is 0 Å². The Kier molecular flexibility index (Phi) is 4.90. The Balaban J connectivity index is 2.83. The Bertz CT molecular complexity index is 427. The van der Waals surface area contributed by atoms with E-state index in [0.29, 0.717) is 5.56 Å². The summed E-state index contributed by atoms with van der Waals surface area (Å²) in [6.45, 7) is 3.73. The van der Waals surface area contributed by atoms with Crippen molar-refractivity contribution < 1.29 is 9.90 Å². The summed E-state index contributed by atoms with van der Waals surface area (Å²) in [4.78, 5) is 11.9. The first-order chi connectivity index (χ1) is 7.54. The predicted molar refractivity (Wildman–Crippen MR) is 68.5 cm³/mol. The molecule has 1 N–H and O–H groups in total. The largest absolute Gasteiger partial charge is 0.478 e. The molecule has 0 saturated heterocycles. The summed E-state index contributed by atoms with van der Waals surface area (Å²) in [6.07, 6.45) is 0. The topological polar surface area (TPSA) is 37.3 Å². The number of aryl methyl sites for hydroxylation is 1. The number of hydrogen-bond donors (Lipinski definition) is 1. The molecule has 1 aromatic rings. The van der Waals surface area contributed by atoms with E-state index >= 15 is 0 Å². The molecule has 16 heavy (non-hydrogen) atoms. The van der Waals surface area contributed by atoms with E-state index in [1.807, 2.05) is 19.1 Å². The summed E-state index contributed by atoms with van der Waals surface area (Å²) >= 11 is 7.13. The van der Waals surface area contributed by atoms with Crippen LogP contribution in [0.5, 0.6) is 0 Å². The van der Waals surface area contributed by atoms with Crippen molar-refractivity contribution in [2.75, 3.05) is 5.75 Å². The molecule has 0 atom stereocenters. The fraction of sp³-hybridized carbons (Fsp3) is 0.250. The van der Waals surface area contributed by atoms with Gasteiger partial charge >= 0.3 is 5.97 Å². The maximum atomic E-state index is 10.9. The minimum absolute atomic E-state index is 0.359. The average molecular weight is 257 g/mol. The van der Waals surface area contributed by atoms with Gasteiger partial charge in [-0.25, -0.2) is 4.79 Å². The molecule has 0 saturated carbocycles. The lowest BCUT2D eigenvalue weighted by Crippen LogP contribution is -1.99. The van der Waals surface area contributed by atoms with Gasteiger partial charge in [0.05, 0.1) is 5.56 Å². The highest BCUT2D eigenvalue weighted by atomic mass is 35.5. The van der Waals surface area contributed by atoms with Gasteiger partial charge in [0.2, 0.25) is 0 Å². The molecular formula is C12H13ClO2S. The first-order valence-corrected chi connectivity index (χ1v) is 6.19. The van der Waals surface area contributed by atoms with Gasteiger partial charge in [-0.1, -0.05) is 23.2 Å². The Morgan fingerprint density at radius 1 is 1.56 bits per heavy atom. The number of carbonyl (C=O) groups is 1. The number of rotatable bonds is 4. The smallest absolute Gasteiger partial charge is 0.335 e. The molecule has 0 amide bonds. The van der Waals surface area contributed by atoms with E-state index in [-0.39, 0.29) is 0 Å². The summed E-state index contributed by atoms with van der Waals surface area (Å²) in [5.74, 6) is -0.115. The van der Waals surface area contributed by atoms with Crippen molar-refractivity contribution in [3.8, 4) is 0 Å². The van der Waals surface area contributed by atoms with Crippen LogP contribution in [0.15, 0.2) is 34.2 Å². The number of halogens is 1. The zero-order valence-corrected chi connectivity index (χ0v) is 10.7. The van der Waals surface area contributed by atoms with Crippen molar-refractivity contribution in [1.82, 2.24) is 0 Å². The number of thioether (sulfide) groups is 1. The summed E-state index contributed by atoms with van der Waals surface area (Å²) in [5.41, 5.74) is 3.74. The van der Waals surface area contributed by atoms with Crippen molar-refractivity contribution in [1.29, 1.82) is 0 Å². The van der Waals surface area contributed by atoms with Crippen LogP contribution in [0.4, 0.5) is 0 Å². The fourth-order valence-corrected chi connectivity index (χ4v) is 2.16. The first-order valence-electron chi connectivity index (χ1n) is 4.77. The van der Waals surface area contributed by atoms with Crippen LogP contribution in [-0.2, 0) is 0 Å². The number of carboxylic acid groups (broad SMARTS) is 1. The van der Waals surface area contributed by atoms with Gasteiger partial charge in [0.25, 0.3) is 0 Å². The van der Waals surface area contributed by atoms with Gasteiger partial charge in [-0.3, -0.25) is 0 Å². The predicted octanol–water partition coefficient (Wildman–Crippen LogP) is 3.93. The molecule has 4 heteroatoms. The van der Waals surface area contributed by atoms with Gasteiger partial charge in [-0.2, -0.15) is 0 Å². The third-order valence-electron chi connectivity index (χ3n) is 2.09. The second-order valence-corrected chi connectivity index (χ2v) is 4.79. The lowest BCUT2D eigenvalue weighted by atomic mass is 10.1. The van der Waals surface area contributed by atoms with Gasteiger partial charge in [-0.15, -0.1) is 11.8 Å². The molecule has 0 bridgehead atoms. The molecule has 0 unspecified atom stereocenters. The van der Waals surface area contributed by atoms with E-state index in [4.69, 9.17) is 16.7 Å². The van der Waals surface area contributed by atoms with Crippen LogP contribution in [0, 0.1) is 6.92 Å². The summed E-state index contributed by atoms with van der Waals surface area (Å²) in [6, 6.07) is 5.45. The van der Waals surface area contributed by atoms with Crippen molar-refractivity contribution in [2.24, 2.45) is 0 Å². The molecule has 1 rings (SSSR count). The van der Waals surface area contributed by atoms with E-state index in [1.165, 1.54) is 0 Å². The Hall–Kier alpha value is -0.930. The van der Waals surface area contributed by atoms with Gasteiger partial charge in [0.15, 0.2) is 0 Å². The summed E-state index contributed by atoms with van der Waals surface area (Å²) in [5, 5.41) is 8.97. The van der Waals surface area contributed by atoms with Crippen LogP contribution < -0.4 is 0 Å². The van der Waals surface area contributed by atoms with Crippen LogP contribution in [0.2, 0.25) is 0 Å². The minimum atomic E-state index is -0.885. The molecule has 2 nitrogen and oxygen atoms in total. The van der Waals surface area contributed by atoms with Crippen molar-refractivity contribution >= 4 is 29.3 Å². The van der Waals surface area contributed by atoms with Gasteiger partial charge < -0.3 is 5.11 Å². The second kappa shape index (κ2) is 5.97. The fourth-order valence-electron chi connectivity index (χ4n) is 1.15. The SMILES string of the molecule is C/C(=C/Cl)CSc1ccc(C)c(C(=O)O)c1. The lowest BCUT2D eigenvalue weighted by molar-refractivity contribution is 0.0696. The Labute approximate surface area is 104 Å². The molecule has 0 fully saturated rings. The maximum absolute atomic E-state index is 10.9. The number of aromatic carboxylic acids is 1. The Morgan fingerprint density at radius 2 is 2.25 bits per heavy atom. The van der Waals surface area contributed by atoms with Crippen LogP contribution >= 0.6 is 23.4 Å². The van der Waals surface area contributed by atoms with Crippen LogP contribution in [0.1, 0.15) is 22.8 Å². The molecule has 1 aromatic carbocycles. The maximum Gasteiger partial charge on any atom is 0.335 e. The van der Waals surface area contributed by atoms with Crippen molar-refractivity contribution in [2.45, 2.75) is 18.7 Å². The molecule has 0 spiro atoms. The second-order valence-electron chi connectivity index (χ2n) is 3.53. The zero-order valence-electron chi connectivity index (χ0n) is 9.16. The van der Waals surface area contributed by atoms with E-state index < -0.39 is 5.97 Å². The number of hydrogen-bond acceptors (Lipinski definition) is 2. The van der Waals surface area contributed by atoms with E-state index in [0.717, 1.165) is 21.8 Å². The summed E-state index contributed by atoms with van der Waals surface area (Å²) in [7, 11) is 0. The van der Waals surface area contributed by atoms with E-state index in [2.05, 4.69) is 0 Å². The van der Waals surface area contributed by atoms with Crippen LogP contribution in [0.25, 0.3) is 0 Å². The quantitative estimate of drug-likeness (QED) is 0.830. The first kappa shape index (κ1) is 13.1. The molecule has 0 aliphatic heterocycles. The molecule has 0 aliphatic carbocycles. The summed E-state index contributed by atoms with van der Waals surface area (Å²) < 4.78 is 0. The zero-order chi connectivity index (χ0) is 12.1. The van der Waals surface area contributed by atoms with Gasteiger partial charge in [0, 0.05) is 16.2 Å². The standard InChI is InChI=1S/C12H13ClO2S/c1-8(6-13)7-16-10-4-3-9(2)11(5-10)12(14)15/h3-6H,7H2,1-2H3,(H,14,15)/b8-6-. The Morgan fingerprint density at radius 3 is 2.81 bits per heavy atom. The van der Waals surface area contributed by atoms with Crippen molar-refractivity contribution in [3.63, 3.8) is 0 Å².